The van der Waals surface area contributed by atoms with Crippen LogP contribution in [0.2, 0.25) is 5.02 Å². The predicted octanol–water partition coefficient (Wildman–Crippen LogP) is 5.34. The molecule has 1 amide bonds. The number of sulfone groups is 1. The Balaban J connectivity index is 1.74. The average Bonchev–Trinajstić information content (AvgIpc) is 2.79. The van der Waals surface area contributed by atoms with Crippen LogP contribution in [0.5, 0.6) is 17.4 Å². The molecule has 3 aromatic carbocycles. The summed E-state index contributed by atoms with van der Waals surface area (Å²) in [5.41, 5.74) is 1.11. The number of hydrogen-bond acceptors (Lipinski definition) is 6. The Labute approximate surface area is 195 Å². The highest BCUT2D eigenvalue weighted by Crippen LogP contribution is 2.34. The molecule has 0 atom stereocenters. The molecule has 9 heteroatoms. The molecule has 1 aromatic heterocycles. The highest BCUT2D eigenvalue weighted by molar-refractivity contribution is 7.90. The van der Waals surface area contributed by atoms with E-state index in [9.17, 15) is 13.2 Å². The molecular formula is C24H19ClN2O5S. The zero-order valence-electron chi connectivity index (χ0n) is 17.7. The largest absolute Gasteiger partial charge is 0.497 e. The number of anilines is 1. The number of fused-ring (bicyclic) bond motifs is 1. The first kappa shape index (κ1) is 22.6. The number of nitrogens with zero attached hydrogens (tertiary/aromatic N) is 1. The van der Waals surface area contributed by atoms with Gasteiger partial charge in [-0.05, 0) is 42.5 Å². The van der Waals surface area contributed by atoms with Gasteiger partial charge in [0.1, 0.15) is 17.1 Å². The fourth-order valence-corrected chi connectivity index (χ4v) is 4.01. The molecule has 168 valence electrons. The number of para-hydroxylation sites is 1. The van der Waals surface area contributed by atoms with Crippen molar-refractivity contribution < 1.29 is 22.7 Å². The highest BCUT2D eigenvalue weighted by Gasteiger charge is 2.19. The second kappa shape index (κ2) is 9.09. The normalized spacial score (nSPS) is 11.2. The fourth-order valence-electron chi connectivity index (χ4n) is 3.14. The van der Waals surface area contributed by atoms with E-state index in [0.717, 1.165) is 11.6 Å². The number of halogens is 1. The quantitative estimate of drug-likeness (QED) is 0.398. The minimum atomic E-state index is -3.43. The molecule has 1 N–H and O–H groups in total. The number of pyridine rings is 1. The number of methoxy groups -OCH3 is 1. The first-order chi connectivity index (χ1) is 15.7. The molecule has 0 saturated heterocycles. The molecule has 0 unspecified atom stereocenters. The maximum absolute atomic E-state index is 13.2. The van der Waals surface area contributed by atoms with Gasteiger partial charge < -0.3 is 14.8 Å². The third kappa shape index (κ3) is 5.08. The van der Waals surface area contributed by atoms with Gasteiger partial charge in [-0.2, -0.15) is 0 Å². The minimum absolute atomic E-state index is 0.0533. The van der Waals surface area contributed by atoms with Crippen molar-refractivity contribution in [1.82, 2.24) is 4.98 Å². The van der Waals surface area contributed by atoms with Crippen LogP contribution in [-0.2, 0) is 9.84 Å². The predicted molar refractivity (Wildman–Crippen MR) is 127 cm³/mol. The highest BCUT2D eigenvalue weighted by atomic mass is 35.5. The number of aromatic nitrogens is 1. The average molecular weight is 483 g/mol. The topological polar surface area (TPSA) is 94.6 Å². The molecule has 33 heavy (non-hydrogen) atoms. The smallest absolute Gasteiger partial charge is 0.261 e. The van der Waals surface area contributed by atoms with Gasteiger partial charge in [0.15, 0.2) is 9.84 Å². The lowest BCUT2D eigenvalue weighted by molar-refractivity contribution is 0.102. The van der Waals surface area contributed by atoms with Crippen LogP contribution in [0.4, 0.5) is 5.69 Å². The van der Waals surface area contributed by atoms with Gasteiger partial charge in [-0.25, -0.2) is 13.4 Å². The summed E-state index contributed by atoms with van der Waals surface area (Å²) in [6, 6.07) is 19.8. The molecule has 1 heterocycles. The van der Waals surface area contributed by atoms with Crippen molar-refractivity contribution in [1.29, 1.82) is 0 Å². The van der Waals surface area contributed by atoms with Crippen molar-refractivity contribution >= 4 is 43.9 Å². The van der Waals surface area contributed by atoms with Crippen LogP contribution >= 0.6 is 11.6 Å². The third-order valence-corrected chi connectivity index (χ3v) is 6.20. The van der Waals surface area contributed by atoms with Crippen molar-refractivity contribution in [3.05, 3.63) is 83.4 Å². The maximum Gasteiger partial charge on any atom is 0.261 e. The van der Waals surface area contributed by atoms with E-state index in [0.29, 0.717) is 22.7 Å². The Bertz CT molecular complexity index is 1470. The van der Waals surface area contributed by atoms with Gasteiger partial charge in [0, 0.05) is 23.4 Å². The van der Waals surface area contributed by atoms with Crippen molar-refractivity contribution in [3.63, 3.8) is 0 Å². The van der Waals surface area contributed by atoms with Crippen LogP contribution in [0.15, 0.2) is 77.7 Å². The molecule has 0 radical (unpaired) electrons. The third-order valence-electron chi connectivity index (χ3n) is 4.80. The van der Waals surface area contributed by atoms with Crippen LogP contribution in [0, 0.1) is 0 Å². The summed E-state index contributed by atoms with van der Waals surface area (Å²) in [6.45, 7) is 0. The molecular weight excluding hydrogens is 464 g/mol. The summed E-state index contributed by atoms with van der Waals surface area (Å²) in [5.74, 6) is 0.395. The number of carbonyl (C=O) groups excluding carboxylic acids is 1. The van der Waals surface area contributed by atoms with E-state index in [2.05, 4.69) is 10.3 Å². The van der Waals surface area contributed by atoms with Crippen molar-refractivity contribution in [2.45, 2.75) is 4.90 Å². The fraction of sp³-hybridized carbons (Fsp3) is 0.0833. The summed E-state index contributed by atoms with van der Waals surface area (Å²) in [5, 5.41) is 3.74. The van der Waals surface area contributed by atoms with Gasteiger partial charge in [-0.3, -0.25) is 4.79 Å². The molecule has 0 aliphatic rings. The van der Waals surface area contributed by atoms with Gasteiger partial charge in [-0.15, -0.1) is 0 Å². The molecule has 0 aliphatic carbocycles. The Kier molecular flexibility index (Phi) is 6.22. The number of hydrogen-bond donors (Lipinski definition) is 1. The Morgan fingerprint density at radius 1 is 1.00 bits per heavy atom. The van der Waals surface area contributed by atoms with Gasteiger partial charge in [0.25, 0.3) is 5.91 Å². The minimum Gasteiger partial charge on any atom is -0.497 e. The number of amides is 1. The van der Waals surface area contributed by atoms with Crippen molar-refractivity contribution in [2.24, 2.45) is 0 Å². The lowest BCUT2D eigenvalue weighted by Gasteiger charge is -2.14. The number of rotatable bonds is 6. The van der Waals surface area contributed by atoms with Crippen LogP contribution < -0.4 is 14.8 Å². The number of carbonyl (C=O) groups is 1. The van der Waals surface area contributed by atoms with E-state index in [-0.39, 0.29) is 21.4 Å². The molecule has 0 saturated carbocycles. The first-order valence-electron chi connectivity index (χ1n) is 9.77. The van der Waals surface area contributed by atoms with E-state index in [1.165, 1.54) is 19.2 Å². The molecule has 0 bridgehead atoms. The van der Waals surface area contributed by atoms with Gasteiger partial charge in [0.2, 0.25) is 5.88 Å². The van der Waals surface area contributed by atoms with Crippen LogP contribution in [0.1, 0.15) is 10.4 Å². The number of nitrogens with one attached hydrogen (secondary N) is 1. The van der Waals surface area contributed by atoms with E-state index < -0.39 is 15.7 Å². The molecule has 4 rings (SSSR count). The standard InChI is InChI=1S/C24H19ClN2O5S/c1-31-17-10-11-22(20(25)14-17)32-24-19(12-15-6-3-4-9-21(15)27-24)23(28)26-16-7-5-8-18(13-16)33(2,29)30/h3-14H,1-2H3,(H,26,28). The summed E-state index contributed by atoms with van der Waals surface area (Å²) in [7, 11) is -1.90. The zero-order chi connectivity index (χ0) is 23.6. The molecule has 0 fully saturated rings. The van der Waals surface area contributed by atoms with Gasteiger partial charge >= 0.3 is 0 Å². The summed E-state index contributed by atoms with van der Waals surface area (Å²) >= 11 is 6.31. The Morgan fingerprint density at radius 3 is 2.52 bits per heavy atom. The first-order valence-corrected chi connectivity index (χ1v) is 12.0. The van der Waals surface area contributed by atoms with E-state index >= 15 is 0 Å². The number of ether oxygens (including phenoxy) is 2. The summed E-state index contributed by atoms with van der Waals surface area (Å²) in [4.78, 5) is 17.8. The van der Waals surface area contributed by atoms with Crippen LogP contribution in [0.3, 0.4) is 0 Å². The maximum atomic E-state index is 13.2. The molecule has 0 aliphatic heterocycles. The van der Waals surface area contributed by atoms with E-state index in [1.807, 2.05) is 18.2 Å². The molecule has 0 spiro atoms. The van der Waals surface area contributed by atoms with E-state index in [4.69, 9.17) is 21.1 Å². The molecule has 7 nitrogen and oxygen atoms in total. The summed E-state index contributed by atoms with van der Waals surface area (Å²) < 4.78 is 34.8. The number of benzene rings is 3. The van der Waals surface area contributed by atoms with Gasteiger partial charge in [-0.1, -0.05) is 35.9 Å². The molecule has 4 aromatic rings. The van der Waals surface area contributed by atoms with Crippen molar-refractivity contribution in [3.8, 4) is 17.4 Å². The Morgan fingerprint density at radius 2 is 1.79 bits per heavy atom. The SMILES string of the molecule is COc1ccc(Oc2nc3ccccc3cc2C(=O)Nc2cccc(S(C)(=O)=O)c2)c(Cl)c1. The Hall–Kier alpha value is -3.62. The second-order valence-corrected chi connectivity index (χ2v) is 9.61. The van der Waals surface area contributed by atoms with Crippen molar-refractivity contribution in [2.75, 3.05) is 18.7 Å². The van der Waals surface area contributed by atoms with Crippen LogP contribution in [0.25, 0.3) is 10.9 Å². The lowest BCUT2D eigenvalue weighted by atomic mass is 10.1. The van der Waals surface area contributed by atoms with E-state index in [1.54, 1.807) is 42.5 Å². The van der Waals surface area contributed by atoms with Gasteiger partial charge in [0.05, 0.1) is 22.5 Å². The van der Waals surface area contributed by atoms with Crippen LogP contribution in [-0.4, -0.2) is 32.7 Å². The lowest BCUT2D eigenvalue weighted by Crippen LogP contribution is -2.14. The summed E-state index contributed by atoms with van der Waals surface area (Å²) in [6.07, 6.45) is 1.10. The zero-order valence-corrected chi connectivity index (χ0v) is 19.3. The second-order valence-electron chi connectivity index (χ2n) is 7.19. The monoisotopic (exact) mass is 482 g/mol.